The topological polar surface area (TPSA) is 87.4 Å². The summed E-state index contributed by atoms with van der Waals surface area (Å²) in [6, 6.07) is 14.4. The third-order valence-electron chi connectivity index (χ3n) is 3.98. The molecule has 0 bridgehead atoms. The molecule has 6 nitrogen and oxygen atoms in total. The summed E-state index contributed by atoms with van der Waals surface area (Å²) in [6.45, 7) is 1.95. The van der Waals surface area contributed by atoms with Crippen LogP contribution in [0.3, 0.4) is 0 Å². The Bertz CT molecular complexity index is 1130. The minimum Gasteiger partial charge on any atom is -0.493 e. The second-order valence-electron chi connectivity index (χ2n) is 5.76. The van der Waals surface area contributed by atoms with Gasteiger partial charge in [-0.05, 0) is 42.8 Å². The molecule has 8 heteroatoms. The van der Waals surface area contributed by atoms with Crippen LogP contribution in [-0.4, -0.2) is 20.4 Å². The molecule has 0 aliphatic carbocycles. The van der Waals surface area contributed by atoms with Crippen molar-refractivity contribution in [2.45, 2.75) is 13.5 Å². The molecule has 1 aromatic heterocycles. The average Bonchev–Trinajstić information content (AvgIpc) is 2.62. The summed E-state index contributed by atoms with van der Waals surface area (Å²) >= 11 is 6.78. The van der Waals surface area contributed by atoms with Crippen molar-refractivity contribution in [2.75, 3.05) is 0 Å². The second kappa shape index (κ2) is 8.06. The summed E-state index contributed by atoms with van der Waals surface area (Å²) < 4.78 is 2.77. The van der Waals surface area contributed by atoms with E-state index in [0.717, 1.165) is 19.1 Å². The summed E-state index contributed by atoms with van der Waals surface area (Å²) in [6.07, 6.45) is 0. The van der Waals surface area contributed by atoms with Crippen LogP contribution in [0, 0.1) is 0 Å². The molecule has 0 atom stereocenters. The Hall–Kier alpha value is -2.45. The van der Waals surface area contributed by atoms with Crippen molar-refractivity contribution in [3.05, 3.63) is 89.4 Å². The smallest absolute Gasteiger partial charge is 0.335 e. The van der Waals surface area contributed by atoms with E-state index >= 15 is 0 Å². The van der Waals surface area contributed by atoms with Gasteiger partial charge in [0, 0.05) is 8.95 Å². The molecule has 3 rings (SSSR count). The van der Waals surface area contributed by atoms with Gasteiger partial charge < -0.3 is 5.11 Å². The molecule has 0 spiro atoms. The zero-order valence-corrected chi connectivity index (χ0v) is 17.4. The van der Waals surface area contributed by atoms with E-state index in [1.807, 2.05) is 24.3 Å². The Balaban J connectivity index is 2.07. The molecule has 0 radical (unpaired) electrons. The molecule has 0 amide bonds. The molecule has 0 unspecified atom stereocenters. The van der Waals surface area contributed by atoms with Crippen LogP contribution in [0.2, 0.25) is 0 Å². The lowest BCUT2D eigenvalue weighted by molar-refractivity contribution is 0.429. The first-order chi connectivity index (χ1) is 12.9. The first-order valence-corrected chi connectivity index (χ1v) is 9.56. The molecule has 0 fully saturated rings. The van der Waals surface area contributed by atoms with E-state index in [0.29, 0.717) is 17.9 Å². The lowest BCUT2D eigenvalue weighted by Gasteiger charge is -2.11. The SMILES string of the molecule is CC(=NCc1ccccc1Br)c1c(O)n(-c2ccc(Br)cc2)c(=O)[nH]c1=O. The molecule has 0 aliphatic rings. The van der Waals surface area contributed by atoms with Crippen LogP contribution in [0.15, 0.2) is 72.1 Å². The highest BCUT2D eigenvalue weighted by atomic mass is 79.9. The Labute approximate surface area is 171 Å². The number of aromatic nitrogens is 2. The van der Waals surface area contributed by atoms with Crippen molar-refractivity contribution < 1.29 is 5.11 Å². The summed E-state index contributed by atoms with van der Waals surface area (Å²) in [7, 11) is 0. The van der Waals surface area contributed by atoms with Crippen LogP contribution >= 0.6 is 31.9 Å². The maximum absolute atomic E-state index is 12.3. The summed E-state index contributed by atoms with van der Waals surface area (Å²) in [5.74, 6) is -0.445. The van der Waals surface area contributed by atoms with E-state index in [2.05, 4.69) is 41.8 Å². The van der Waals surface area contributed by atoms with Gasteiger partial charge in [-0.2, -0.15) is 0 Å². The van der Waals surface area contributed by atoms with Crippen LogP contribution in [0.25, 0.3) is 5.69 Å². The molecule has 0 aliphatic heterocycles. The van der Waals surface area contributed by atoms with Crippen molar-refractivity contribution in [2.24, 2.45) is 4.99 Å². The number of halogens is 2. The number of rotatable bonds is 4. The first-order valence-electron chi connectivity index (χ1n) is 7.97. The molecule has 0 saturated heterocycles. The van der Waals surface area contributed by atoms with Gasteiger partial charge in [-0.25, -0.2) is 9.36 Å². The first kappa shape index (κ1) is 19.3. The number of aliphatic imine (C=N–C) groups is 1. The number of nitrogens with one attached hydrogen (secondary N) is 1. The molecule has 3 aromatic rings. The Morgan fingerprint density at radius 2 is 1.78 bits per heavy atom. The molecule has 138 valence electrons. The van der Waals surface area contributed by atoms with E-state index in [1.54, 1.807) is 31.2 Å². The van der Waals surface area contributed by atoms with Crippen molar-refractivity contribution >= 4 is 37.6 Å². The van der Waals surface area contributed by atoms with Crippen LogP contribution in [0.1, 0.15) is 18.1 Å². The number of hydrogen-bond donors (Lipinski definition) is 2. The number of aromatic amines is 1. The zero-order valence-electron chi connectivity index (χ0n) is 14.2. The lowest BCUT2D eigenvalue weighted by Crippen LogP contribution is -2.32. The fraction of sp³-hybridized carbons (Fsp3) is 0.105. The van der Waals surface area contributed by atoms with Gasteiger partial charge in [-0.1, -0.05) is 50.1 Å². The number of H-pyrrole nitrogens is 1. The van der Waals surface area contributed by atoms with Crippen LogP contribution < -0.4 is 11.2 Å². The molecule has 2 aromatic carbocycles. The van der Waals surface area contributed by atoms with Gasteiger partial charge in [0.2, 0.25) is 5.88 Å². The van der Waals surface area contributed by atoms with Crippen molar-refractivity contribution in [3.8, 4) is 11.6 Å². The molecular weight excluding hydrogens is 478 g/mol. The number of hydrogen-bond acceptors (Lipinski definition) is 4. The van der Waals surface area contributed by atoms with Gasteiger partial charge in [0.15, 0.2) is 0 Å². The quantitative estimate of drug-likeness (QED) is 0.543. The van der Waals surface area contributed by atoms with E-state index in [-0.39, 0.29) is 5.56 Å². The lowest BCUT2D eigenvalue weighted by atomic mass is 10.2. The number of nitrogens with zero attached hydrogens (tertiary/aromatic N) is 2. The van der Waals surface area contributed by atoms with E-state index in [4.69, 9.17) is 0 Å². The Kier molecular flexibility index (Phi) is 5.76. The van der Waals surface area contributed by atoms with Gasteiger partial charge >= 0.3 is 5.69 Å². The molecular formula is C19H15Br2N3O3. The predicted molar refractivity (Wildman–Crippen MR) is 112 cm³/mol. The minimum atomic E-state index is -0.720. The summed E-state index contributed by atoms with van der Waals surface area (Å²) in [4.78, 5) is 31.2. The molecule has 0 saturated carbocycles. The number of aromatic hydroxyl groups is 1. The van der Waals surface area contributed by atoms with Crippen LogP contribution in [-0.2, 0) is 6.54 Å². The third kappa shape index (κ3) is 4.12. The zero-order chi connectivity index (χ0) is 19.6. The predicted octanol–water partition coefficient (Wildman–Crippen LogP) is 3.77. The van der Waals surface area contributed by atoms with E-state index < -0.39 is 17.1 Å². The largest absolute Gasteiger partial charge is 0.493 e. The van der Waals surface area contributed by atoms with Crippen molar-refractivity contribution in [1.82, 2.24) is 9.55 Å². The summed E-state index contributed by atoms with van der Waals surface area (Å²) in [5.41, 5.74) is 0.257. The highest BCUT2D eigenvalue weighted by Crippen LogP contribution is 2.20. The monoisotopic (exact) mass is 491 g/mol. The second-order valence-corrected chi connectivity index (χ2v) is 7.53. The van der Waals surface area contributed by atoms with Gasteiger partial charge in [0.1, 0.15) is 5.56 Å². The fourth-order valence-corrected chi connectivity index (χ4v) is 3.26. The van der Waals surface area contributed by atoms with Gasteiger partial charge in [0.25, 0.3) is 5.56 Å². The van der Waals surface area contributed by atoms with E-state index in [1.165, 1.54) is 0 Å². The normalized spacial score (nSPS) is 11.6. The molecule has 27 heavy (non-hydrogen) atoms. The van der Waals surface area contributed by atoms with Gasteiger partial charge in [-0.15, -0.1) is 0 Å². The Morgan fingerprint density at radius 1 is 1.11 bits per heavy atom. The molecule has 2 N–H and O–H groups in total. The van der Waals surface area contributed by atoms with Crippen molar-refractivity contribution in [3.63, 3.8) is 0 Å². The highest BCUT2D eigenvalue weighted by molar-refractivity contribution is 9.10. The standard InChI is InChI=1S/C19H15Br2N3O3/c1-11(22-10-12-4-2-3-5-15(12)21)16-17(25)23-19(27)24(18(16)26)14-8-6-13(20)7-9-14/h2-9,26H,10H2,1H3,(H,23,25,27). The minimum absolute atomic E-state index is 0.0374. The van der Waals surface area contributed by atoms with Crippen molar-refractivity contribution in [1.29, 1.82) is 0 Å². The highest BCUT2D eigenvalue weighted by Gasteiger charge is 2.17. The van der Waals surface area contributed by atoms with Crippen LogP contribution in [0.5, 0.6) is 5.88 Å². The summed E-state index contributed by atoms with van der Waals surface area (Å²) in [5, 5.41) is 10.6. The maximum atomic E-state index is 12.3. The molecule has 1 heterocycles. The fourth-order valence-electron chi connectivity index (χ4n) is 2.59. The number of benzene rings is 2. The van der Waals surface area contributed by atoms with Gasteiger partial charge in [-0.3, -0.25) is 14.8 Å². The van der Waals surface area contributed by atoms with Crippen LogP contribution in [0.4, 0.5) is 0 Å². The maximum Gasteiger partial charge on any atom is 0.335 e. The van der Waals surface area contributed by atoms with E-state index in [9.17, 15) is 14.7 Å². The Morgan fingerprint density at radius 3 is 2.44 bits per heavy atom. The van der Waals surface area contributed by atoms with Gasteiger partial charge in [0.05, 0.1) is 17.9 Å². The third-order valence-corrected chi connectivity index (χ3v) is 5.28. The average molecular weight is 493 g/mol.